The van der Waals surface area contributed by atoms with Crippen LogP contribution < -0.4 is 5.73 Å². The average molecular weight is 392 g/mol. The number of amides is 1. The number of piperidine rings is 1. The molecule has 2 aromatic carbocycles. The third-order valence-electron chi connectivity index (χ3n) is 6.40. The fourth-order valence-electron chi connectivity index (χ4n) is 4.74. The zero-order valence-electron chi connectivity index (χ0n) is 16.8. The van der Waals surface area contributed by atoms with E-state index in [1.54, 1.807) is 0 Å². The Bertz CT molecular complexity index is 873. The predicted octanol–water partition coefficient (Wildman–Crippen LogP) is 2.50. The van der Waals surface area contributed by atoms with Gasteiger partial charge in [0.25, 0.3) is 0 Å². The van der Waals surface area contributed by atoms with E-state index in [1.165, 1.54) is 5.56 Å². The van der Waals surface area contributed by atoms with Gasteiger partial charge in [0.05, 0.1) is 6.54 Å². The number of benzene rings is 2. The van der Waals surface area contributed by atoms with E-state index in [9.17, 15) is 9.59 Å². The Morgan fingerprint density at radius 3 is 2.41 bits per heavy atom. The zero-order chi connectivity index (χ0) is 20.3. The molecule has 152 valence electrons. The number of carbonyl (C=O) groups excluding carboxylic acids is 2. The molecule has 0 atom stereocenters. The molecular weight excluding hydrogens is 362 g/mol. The lowest BCUT2D eigenvalue weighted by atomic mass is 9.75. The molecule has 1 aliphatic heterocycles. The van der Waals surface area contributed by atoms with Crippen molar-refractivity contribution in [3.63, 3.8) is 0 Å². The van der Waals surface area contributed by atoms with Crippen LogP contribution in [-0.4, -0.2) is 54.2 Å². The van der Waals surface area contributed by atoms with Gasteiger partial charge in [-0.3, -0.25) is 14.5 Å². The van der Waals surface area contributed by atoms with Gasteiger partial charge in [-0.05, 0) is 30.4 Å². The fourth-order valence-corrected chi connectivity index (χ4v) is 4.74. The van der Waals surface area contributed by atoms with Crippen LogP contribution in [0.1, 0.15) is 34.3 Å². The predicted molar refractivity (Wildman–Crippen MR) is 113 cm³/mol. The molecule has 1 fully saturated rings. The summed E-state index contributed by atoms with van der Waals surface area (Å²) in [5.74, 6) is 0.404. The summed E-state index contributed by atoms with van der Waals surface area (Å²) in [5, 5.41) is 0. The normalized spacial score (nSPS) is 17.7. The van der Waals surface area contributed by atoms with Crippen molar-refractivity contribution >= 4 is 11.7 Å². The standard InChI is InChI=1S/C24H29N3O2/c25-12-15-26(17-19-6-2-1-3-7-19)18-22(28)27-13-10-24(11-14-27)16-20-8-4-5-9-21(20)23(24)29/h1-9H,10-18,25H2. The van der Waals surface area contributed by atoms with Gasteiger partial charge in [0.15, 0.2) is 5.78 Å². The van der Waals surface area contributed by atoms with Crippen molar-refractivity contribution in [3.05, 3.63) is 71.3 Å². The number of nitrogens with zero attached hydrogens (tertiary/aromatic N) is 2. The van der Waals surface area contributed by atoms with E-state index < -0.39 is 0 Å². The Kier molecular flexibility index (Phi) is 5.79. The first kappa shape index (κ1) is 19.8. The third-order valence-corrected chi connectivity index (χ3v) is 6.40. The lowest BCUT2D eigenvalue weighted by molar-refractivity contribution is -0.134. The van der Waals surface area contributed by atoms with Crippen LogP contribution >= 0.6 is 0 Å². The SMILES string of the molecule is NCCN(CC(=O)N1CCC2(CC1)Cc1ccccc1C2=O)Cc1ccccc1. The van der Waals surface area contributed by atoms with Crippen molar-refractivity contribution in [2.24, 2.45) is 11.1 Å². The Balaban J connectivity index is 1.36. The van der Waals surface area contributed by atoms with Crippen LogP contribution in [0.25, 0.3) is 0 Å². The number of likely N-dealkylation sites (tertiary alicyclic amines) is 1. The number of carbonyl (C=O) groups is 2. The van der Waals surface area contributed by atoms with Crippen LogP contribution in [0.4, 0.5) is 0 Å². The van der Waals surface area contributed by atoms with Gasteiger partial charge in [-0.15, -0.1) is 0 Å². The molecule has 1 aliphatic carbocycles. The van der Waals surface area contributed by atoms with Crippen LogP contribution in [0.3, 0.4) is 0 Å². The fraction of sp³-hybridized carbons (Fsp3) is 0.417. The molecule has 1 heterocycles. The average Bonchev–Trinajstić information content (AvgIpc) is 3.01. The summed E-state index contributed by atoms with van der Waals surface area (Å²) in [4.78, 5) is 30.0. The minimum absolute atomic E-state index is 0.132. The number of Topliss-reactive ketones (excluding diaryl/α,β-unsaturated/α-hetero) is 1. The van der Waals surface area contributed by atoms with Gasteiger partial charge in [0, 0.05) is 43.7 Å². The molecule has 0 saturated carbocycles. The molecule has 2 aromatic rings. The molecule has 2 N–H and O–H groups in total. The van der Waals surface area contributed by atoms with Gasteiger partial charge in [-0.2, -0.15) is 0 Å². The largest absolute Gasteiger partial charge is 0.342 e. The van der Waals surface area contributed by atoms with E-state index in [4.69, 9.17) is 5.73 Å². The maximum Gasteiger partial charge on any atom is 0.236 e. The third kappa shape index (κ3) is 4.11. The highest BCUT2D eigenvalue weighted by Crippen LogP contribution is 2.44. The molecule has 0 unspecified atom stereocenters. The minimum Gasteiger partial charge on any atom is -0.342 e. The van der Waals surface area contributed by atoms with Crippen LogP contribution in [0, 0.1) is 5.41 Å². The molecule has 1 saturated heterocycles. The highest BCUT2D eigenvalue weighted by atomic mass is 16.2. The van der Waals surface area contributed by atoms with Crippen molar-refractivity contribution < 1.29 is 9.59 Å². The lowest BCUT2D eigenvalue weighted by Gasteiger charge is -2.39. The summed E-state index contributed by atoms with van der Waals surface area (Å²) in [6.07, 6.45) is 2.32. The second-order valence-corrected chi connectivity index (χ2v) is 8.31. The molecule has 5 heteroatoms. The van der Waals surface area contributed by atoms with E-state index in [1.807, 2.05) is 41.3 Å². The summed E-state index contributed by atoms with van der Waals surface area (Å²) in [6.45, 7) is 3.60. The molecule has 0 aromatic heterocycles. The first-order chi connectivity index (χ1) is 14.1. The summed E-state index contributed by atoms with van der Waals surface area (Å²) in [5.41, 5.74) is 8.69. The number of fused-ring (bicyclic) bond motifs is 1. The summed E-state index contributed by atoms with van der Waals surface area (Å²) in [6, 6.07) is 18.1. The minimum atomic E-state index is -0.304. The number of rotatable bonds is 6. The van der Waals surface area contributed by atoms with E-state index in [0.29, 0.717) is 32.7 Å². The Hall–Kier alpha value is -2.50. The molecule has 4 rings (SSSR count). The van der Waals surface area contributed by atoms with Gasteiger partial charge in [-0.1, -0.05) is 54.6 Å². The molecule has 0 bridgehead atoms. The lowest BCUT2D eigenvalue weighted by Crippen LogP contribution is -2.49. The number of hydrogen-bond acceptors (Lipinski definition) is 4. The van der Waals surface area contributed by atoms with E-state index in [2.05, 4.69) is 23.1 Å². The summed E-state index contributed by atoms with van der Waals surface area (Å²) >= 11 is 0. The van der Waals surface area contributed by atoms with Crippen LogP contribution in [0.5, 0.6) is 0 Å². The van der Waals surface area contributed by atoms with Crippen LogP contribution in [-0.2, 0) is 17.8 Å². The number of hydrogen-bond donors (Lipinski definition) is 1. The highest BCUT2D eigenvalue weighted by Gasteiger charge is 2.47. The molecule has 5 nitrogen and oxygen atoms in total. The van der Waals surface area contributed by atoms with Gasteiger partial charge < -0.3 is 10.6 Å². The first-order valence-electron chi connectivity index (χ1n) is 10.5. The summed E-state index contributed by atoms with van der Waals surface area (Å²) < 4.78 is 0. The maximum absolute atomic E-state index is 13.0. The molecule has 29 heavy (non-hydrogen) atoms. The van der Waals surface area contributed by atoms with E-state index in [-0.39, 0.29) is 17.1 Å². The number of nitrogens with two attached hydrogens (primary N) is 1. The Morgan fingerprint density at radius 1 is 1.03 bits per heavy atom. The zero-order valence-corrected chi connectivity index (χ0v) is 16.8. The Morgan fingerprint density at radius 2 is 1.72 bits per heavy atom. The second-order valence-electron chi connectivity index (χ2n) is 8.31. The van der Waals surface area contributed by atoms with Crippen LogP contribution in [0.2, 0.25) is 0 Å². The smallest absolute Gasteiger partial charge is 0.236 e. The monoisotopic (exact) mass is 391 g/mol. The van der Waals surface area contributed by atoms with Crippen molar-refractivity contribution in [1.29, 1.82) is 0 Å². The molecular formula is C24H29N3O2. The molecule has 1 spiro atoms. The van der Waals surface area contributed by atoms with Gasteiger partial charge in [-0.25, -0.2) is 0 Å². The maximum atomic E-state index is 13.0. The molecule has 2 aliphatic rings. The summed E-state index contributed by atoms with van der Waals surface area (Å²) in [7, 11) is 0. The molecule has 0 radical (unpaired) electrons. The number of ketones is 1. The van der Waals surface area contributed by atoms with Crippen molar-refractivity contribution in [3.8, 4) is 0 Å². The van der Waals surface area contributed by atoms with Gasteiger partial charge in [0.2, 0.25) is 5.91 Å². The molecule has 1 amide bonds. The van der Waals surface area contributed by atoms with Gasteiger partial charge in [0.1, 0.15) is 0 Å². The van der Waals surface area contributed by atoms with E-state index in [0.717, 1.165) is 36.9 Å². The van der Waals surface area contributed by atoms with Crippen LogP contribution in [0.15, 0.2) is 54.6 Å². The second kappa shape index (κ2) is 8.47. The topological polar surface area (TPSA) is 66.6 Å². The highest BCUT2D eigenvalue weighted by molar-refractivity contribution is 6.05. The van der Waals surface area contributed by atoms with Crippen molar-refractivity contribution in [2.75, 3.05) is 32.7 Å². The van der Waals surface area contributed by atoms with E-state index >= 15 is 0 Å². The first-order valence-corrected chi connectivity index (χ1v) is 10.5. The van der Waals surface area contributed by atoms with Crippen molar-refractivity contribution in [1.82, 2.24) is 9.80 Å². The van der Waals surface area contributed by atoms with Gasteiger partial charge >= 0.3 is 0 Å². The Labute approximate surface area is 172 Å². The quantitative estimate of drug-likeness (QED) is 0.822. The van der Waals surface area contributed by atoms with Crippen molar-refractivity contribution in [2.45, 2.75) is 25.8 Å².